The van der Waals surface area contributed by atoms with E-state index in [0.717, 1.165) is 0 Å². The smallest absolute Gasteiger partial charge is 0.265 e. The molecule has 0 heterocycles. The van der Waals surface area contributed by atoms with Crippen molar-refractivity contribution in [1.29, 1.82) is 0 Å². The number of para-hydroxylation sites is 1. The number of amides is 2. The van der Waals surface area contributed by atoms with E-state index in [1.54, 1.807) is 55.5 Å². The highest BCUT2D eigenvalue weighted by atomic mass is 35.5. The van der Waals surface area contributed by atoms with Crippen molar-refractivity contribution in [3.05, 3.63) is 59.1 Å². The van der Waals surface area contributed by atoms with Crippen LogP contribution in [0, 0.1) is 0 Å². The highest BCUT2D eigenvalue weighted by Gasteiger charge is 2.18. The Labute approximate surface area is 139 Å². The van der Waals surface area contributed by atoms with Crippen molar-refractivity contribution in [3.8, 4) is 5.75 Å². The van der Waals surface area contributed by atoms with Gasteiger partial charge in [0.2, 0.25) is 0 Å². The fourth-order valence-electron chi connectivity index (χ4n) is 1.93. The second kappa shape index (κ2) is 7.65. The van der Waals surface area contributed by atoms with Gasteiger partial charge >= 0.3 is 0 Å². The Kier molecular flexibility index (Phi) is 5.60. The second-order valence-corrected chi connectivity index (χ2v) is 5.26. The first-order chi connectivity index (χ1) is 11.0. The summed E-state index contributed by atoms with van der Waals surface area (Å²) in [6.07, 6.45) is -0.728. The molecule has 120 valence electrons. The molecule has 0 bridgehead atoms. The van der Waals surface area contributed by atoms with Crippen molar-refractivity contribution in [1.82, 2.24) is 5.32 Å². The van der Waals surface area contributed by atoms with Crippen molar-refractivity contribution < 1.29 is 14.3 Å². The average molecular weight is 333 g/mol. The molecule has 2 aromatic rings. The van der Waals surface area contributed by atoms with Crippen molar-refractivity contribution in [2.75, 3.05) is 12.4 Å². The van der Waals surface area contributed by atoms with Crippen LogP contribution in [-0.4, -0.2) is 25.0 Å². The Bertz CT molecular complexity index is 701. The van der Waals surface area contributed by atoms with E-state index in [1.807, 2.05) is 0 Å². The molecule has 0 aliphatic carbocycles. The molecule has 0 fully saturated rings. The minimum absolute atomic E-state index is 0.271. The Morgan fingerprint density at radius 2 is 1.74 bits per heavy atom. The zero-order chi connectivity index (χ0) is 16.8. The van der Waals surface area contributed by atoms with E-state index in [2.05, 4.69) is 10.6 Å². The molecule has 1 unspecified atom stereocenters. The monoisotopic (exact) mass is 332 g/mol. The van der Waals surface area contributed by atoms with Gasteiger partial charge in [0.05, 0.1) is 11.3 Å². The standard InChI is InChI=1S/C17H17ClN2O3/c1-11(23-13-9-7-12(18)8-10-13)16(21)20-15-6-4-3-5-14(15)17(22)19-2/h3-11H,1-2H3,(H,19,22)(H,20,21). The van der Waals surface area contributed by atoms with Gasteiger partial charge in [-0.1, -0.05) is 23.7 Å². The lowest BCUT2D eigenvalue weighted by Gasteiger charge is -2.16. The Morgan fingerprint density at radius 1 is 1.09 bits per heavy atom. The van der Waals surface area contributed by atoms with Gasteiger partial charge < -0.3 is 15.4 Å². The molecule has 2 rings (SSSR count). The molecule has 0 radical (unpaired) electrons. The van der Waals surface area contributed by atoms with Gasteiger partial charge in [0, 0.05) is 12.1 Å². The quantitative estimate of drug-likeness (QED) is 0.884. The normalized spacial score (nSPS) is 11.4. The minimum atomic E-state index is -0.728. The molecule has 2 aromatic carbocycles. The molecule has 0 saturated heterocycles. The highest BCUT2D eigenvalue weighted by Crippen LogP contribution is 2.18. The molecular weight excluding hydrogens is 316 g/mol. The van der Waals surface area contributed by atoms with Gasteiger partial charge in [-0.25, -0.2) is 0 Å². The Morgan fingerprint density at radius 3 is 2.39 bits per heavy atom. The van der Waals surface area contributed by atoms with Crippen LogP contribution in [0.4, 0.5) is 5.69 Å². The van der Waals surface area contributed by atoms with Gasteiger partial charge in [0.15, 0.2) is 6.10 Å². The lowest BCUT2D eigenvalue weighted by molar-refractivity contribution is -0.122. The van der Waals surface area contributed by atoms with Crippen LogP contribution in [0.3, 0.4) is 0 Å². The highest BCUT2D eigenvalue weighted by molar-refractivity contribution is 6.30. The van der Waals surface area contributed by atoms with Gasteiger partial charge in [0.25, 0.3) is 11.8 Å². The maximum absolute atomic E-state index is 12.3. The first-order valence-corrected chi connectivity index (χ1v) is 7.43. The fourth-order valence-corrected chi connectivity index (χ4v) is 2.06. The number of benzene rings is 2. The van der Waals surface area contributed by atoms with E-state index in [0.29, 0.717) is 22.0 Å². The lowest BCUT2D eigenvalue weighted by atomic mass is 10.1. The van der Waals surface area contributed by atoms with E-state index in [-0.39, 0.29) is 11.8 Å². The molecule has 0 aliphatic rings. The van der Waals surface area contributed by atoms with Crippen LogP contribution in [0.15, 0.2) is 48.5 Å². The van der Waals surface area contributed by atoms with Gasteiger partial charge in [-0.2, -0.15) is 0 Å². The summed E-state index contributed by atoms with van der Waals surface area (Å²) < 4.78 is 5.56. The second-order valence-electron chi connectivity index (χ2n) is 4.83. The number of halogens is 1. The third-order valence-electron chi connectivity index (χ3n) is 3.15. The molecule has 0 aliphatic heterocycles. The number of carbonyl (C=O) groups is 2. The predicted octanol–water partition coefficient (Wildman–Crippen LogP) is 3.11. The summed E-state index contributed by atoms with van der Waals surface area (Å²) in [4.78, 5) is 24.1. The molecule has 1 atom stereocenters. The van der Waals surface area contributed by atoms with Gasteiger partial charge in [-0.05, 0) is 43.3 Å². The van der Waals surface area contributed by atoms with Crippen LogP contribution in [0.2, 0.25) is 5.02 Å². The van der Waals surface area contributed by atoms with Crippen molar-refractivity contribution in [2.24, 2.45) is 0 Å². The molecule has 5 nitrogen and oxygen atoms in total. The van der Waals surface area contributed by atoms with E-state index in [4.69, 9.17) is 16.3 Å². The van der Waals surface area contributed by atoms with E-state index >= 15 is 0 Å². The van der Waals surface area contributed by atoms with Gasteiger partial charge in [0.1, 0.15) is 5.75 Å². The summed E-state index contributed by atoms with van der Waals surface area (Å²) >= 11 is 5.81. The Hall–Kier alpha value is -2.53. The fraction of sp³-hybridized carbons (Fsp3) is 0.176. The number of rotatable bonds is 5. The van der Waals surface area contributed by atoms with Crippen LogP contribution < -0.4 is 15.4 Å². The maximum atomic E-state index is 12.3. The number of ether oxygens (including phenoxy) is 1. The molecule has 0 spiro atoms. The van der Waals surface area contributed by atoms with Crippen LogP contribution in [-0.2, 0) is 4.79 Å². The first-order valence-electron chi connectivity index (χ1n) is 7.05. The third kappa shape index (κ3) is 4.47. The van der Waals surface area contributed by atoms with Crippen LogP contribution in [0.25, 0.3) is 0 Å². The topological polar surface area (TPSA) is 67.4 Å². The number of hydrogen-bond donors (Lipinski definition) is 2. The number of carbonyl (C=O) groups excluding carboxylic acids is 2. The summed E-state index contributed by atoms with van der Waals surface area (Å²) in [6.45, 7) is 1.63. The minimum Gasteiger partial charge on any atom is -0.481 e. The zero-order valence-electron chi connectivity index (χ0n) is 12.8. The van der Waals surface area contributed by atoms with E-state index in [1.165, 1.54) is 7.05 Å². The van der Waals surface area contributed by atoms with Crippen LogP contribution in [0.1, 0.15) is 17.3 Å². The molecule has 2 amide bonds. The van der Waals surface area contributed by atoms with Crippen LogP contribution >= 0.6 is 11.6 Å². The number of hydrogen-bond acceptors (Lipinski definition) is 3. The molecule has 2 N–H and O–H groups in total. The van der Waals surface area contributed by atoms with E-state index < -0.39 is 6.10 Å². The molecular formula is C17H17ClN2O3. The summed E-state index contributed by atoms with van der Waals surface area (Å²) in [5.41, 5.74) is 0.824. The van der Waals surface area contributed by atoms with Crippen molar-refractivity contribution in [3.63, 3.8) is 0 Å². The average Bonchev–Trinajstić information content (AvgIpc) is 2.56. The largest absolute Gasteiger partial charge is 0.481 e. The van der Waals surface area contributed by atoms with Gasteiger partial charge in [-0.15, -0.1) is 0 Å². The third-order valence-corrected chi connectivity index (χ3v) is 3.40. The van der Waals surface area contributed by atoms with Gasteiger partial charge in [-0.3, -0.25) is 9.59 Å². The molecule has 23 heavy (non-hydrogen) atoms. The van der Waals surface area contributed by atoms with Crippen molar-refractivity contribution in [2.45, 2.75) is 13.0 Å². The van der Waals surface area contributed by atoms with Crippen molar-refractivity contribution >= 4 is 29.1 Å². The number of anilines is 1. The predicted molar refractivity (Wildman–Crippen MR) is 90.0 cm³/mol. The van der Waals surface area contributed by atoms with E-state index in [9.17, 15) is 9.59 Å². The Balaban J connectivity index is 2.06. The number of nitrogens with one attached hydrogen (secondary N) is 2. The molecule has 0 aromatic heterocycles. The summed E-state index contributed by atoms with van der Waals surface area (Å²) in [5.74, 6) is -0.0832. The first kappa shape index (κ1) is 16.8. The summed E-state index contributed by atoms with van der Waals surface area (Å²) in [5, 5.41) is 5.83. The molecule has 6 heteroatoms. The maximum Gasteiger partial charge on any atom is 0.265 e. The SMILES string of the molecule is CNC(=O)c1ccccc1NC(=O)C(C)Oc1ccc(Cl)cc1. The lowest BCUT2D eigenvalue weighted by Crippen LogP contribution is -2.31. The zero-order valence-corrected chi connectivity index (χ0v) is 13.6. The molecule has 0 saturated carbocycles. The summed E-state index contributed by atoms with van der Waals surface area (Å²) in [7, 11) is 1.53. The van der Waals surface area contributed by atoms with Crippen LogP contribution in [0.5, 0.6) is 5.75 Å². The summed E-state index contributed by atoms with van der Waals surface area (Å²) in [6, 6.07) is 13.5.